The number of fused-ring (bicyclic) bond motifs is 1. The summed E-state index contributed by atoms with van der Waals surface area (Å²) in [6.45, 7) is 0. The number of rotatable bonds is 0. The molecule has 4 heteroatoms. The summed E-state index contributed by atoms with van der Waals surface area (Å²) >= 11 is 9.47. The van der Waals surface area contributed by atoms with Crippen LogP contribution in [0.15, 0.2) is 17.5 Å². The molecule has 0 amide bonds. The zero-order valence-electron chi connectivity index (χ0n) is 5.77. The Morgan fingerprint density at radius 1 is 1.42 bits per heavy atom. The molecule has 0 atom stereocenters. The van der Waals surface area contributed by atoms with Gasteiger partial charge in [-0.2, -0.15) is 0 Å². The molecule has 0 nitrogen and oxygen atoms in total. The van der Waals surface area contributed by atoms with Gasteiger partial charge in [0.1, 0.15) is 5.82 Å². The molecule has 12 heavy (non-hydrogen) atoms. The summed E-state index contributed by atoms with van der Waals surface area (Å²) in [5, 5.41) is 3.50. The van der Waals surface area contributed by atoms with Crippen molar-refractivity contribution in [2.45, 2.75) is 0 Å². The number of thiophene rings is 1. The molecule has 2 rings (SSSR count). The van der Waals surface area contributed by atoms with Crippen LogP contribution in [0.5, 0.6) is 0 Å². The topological polar surface area (TPSA) is 0 Å². The number of benzene rings is 1. The van der Waals surface area contributed by atoms with Gasteiger partial charge in [0.15, 0.2) is 0 Å². The monoisotopic (exact) mass is 312 g/mol. The third-order valence-corrected chi connectivity index (χ3v) is 3.75. The lowest BCUT2D eigenvalue weighted by Crippen LogP contribution is -1.77. The van der Waals surface area contributed by atoms with Gasteiger partial charge in [-0.15, -0.1) is 11.3 Å². The minimum atomic E-state index is -0.203. The average molecular weight is 313 g/mol. The van der Waals surface area contributed by atoms with Crippen LogP contribution in [0.25, 0.3) is 10.1 Å². The molecule has 0 spiro atoms. The van der Waals surface area contributed by atoms with Crippen LogP contribution < -0.4 is 0 Å². The Kier molecular flexibility index (Phi) is 2.27. The van der Waals surface area contributed by atoms with Crippen LogP contribution in [-0.2, 0) is 0 Å². The van der Waals surface area contributed by atoms with E-state index in [9.17, 15) is 4.39 Å². The van der Waals surface area contributed by atoms with Crippen LogP contribution in [0.3, 0.4) is 0 Å². The molecule has 0 N–H and O–H groups in total. The van der Waals surface area contributed by atoms with Gasteiger partial charge in [-0.1, -0.05) is 11.6 Å². The van der Waals surface area contributed by atoms with E-state index in [4.69, 9.17) is 11.6 Å². The van der Waals surface area contributed by atoms with E-state index in [1.54, 1.807) is 0 Å². The number of halogens is 3. The van der Waals surface area contributed by atoms with E-state index in [1.807, 2.05) is 5.38 Å². The van der Waals surface area contributed by atoms with E-state index in [0.29, 0.717) is 5.02 Å². The van der Waals surface area contributed by atoms with E-state index in [-0.39, 0.29) is 5.82 Å². The van der Waals surface area contributed by atoms with Crippen LogP contribution in [0, 0.1) is 9.39 Å². The standard InChI is InChI=1S/C8H3ClFIS/c9-5-3-12-7-2-4(10)1-6(11)8(5)7/h1-3H. The van der Waals surface area contributed by atoms with Crippen molar-refractivity contribution in [1.29, 1.82) is 0 Å². The molecule has 0 saturated carbocycles. The summed E-state index contributed by atoms with van der Waals surface area (Å²) in [5.41, 5.74) is 0. The van der Waals surface area contributed by atoms with Gasteiger partial charge >= 0.3 is 0 Å². The van der Waals surface area contributed by atoms with Gasteiger partial charge in [-0.05, 0) is 34.7 Å². The lowest BCUT2D eigenvalue weighted by molar-refractivity contribution is 0.629. The molecule has 0 saturated heterocycles. The molecule has 1 heterocycles. The van der Waals surface area contributed by atoms with Crippen LogP contribution in [0.4, 0.5) is 4.39 Å². The lowest BCUT2D eigenvalue weighted by Gasteiger charge is -1.95. The van der Waals surface area contributed by atoms with Crippen LogP contribution in [-0.4, -0.2) is 0 Å². The normalized spacial score (nSPS) is 10.9. The van der Waals surface area contributed by atoms with Crippen molar-refractivity contribution in [2.24, 2.45) is 0 Å². The molecule has 0 aliphatic rings. The largest absolute Gasteiger partial charge is 0.207 e. The maximum absolute atomic E-state index is 12.9. The minimum Gasteiger partial charge on any atom is -0.207 e. The third-order valence-electron chi connectivity index (χ3n) is 1.55. The Balaban J connectivity index is 2.93. The van der Waals surface area contributed by atoms with Gasteiger partial charge in [-0.3, -0.25) is 0 Å². The summed E-state index contributed by atoms with van der Waals surface area (Å²) in [7, 11) is 0. The Morgan fingerprint density at radius 3 is 2.92 bits per heavy atom. The van der Waals surface area contributed by atoms with Crippen molar-refractivity contribution in [3.05, 3.63) is 31.9 Å². The molecular formula is C8H3ClFIS. The predicted molar refractivity (Wildman–Crippen MR) is 59.5 cm³/mol. The van der Waals surface area contributed by atoms with Gasteiger partial charge in [0.2, 0.25) is 0 Å². The van der Waals surface area contributed by atoms with Crippen LogP contribution in [0.1, 0.15) is 0 Å². The molecule has 0 unspecified atom stereocenters. The first kappa shape index (κ1) is 8.72. The fourth-order valence-electron chi connectivity index (χ4n) is 1.05. The summed E-state index contributed by atoms with van der Waals surface area (Å²) < 4.78 is 14.6. The van der Waals surface area contributed by atoms with Crippen molar-refractivity contribution in [3.8, 4) is 0 Å². The summed E-state index contributed by atoms with van der Waals surface area (Å²) in [5.74, 6) is -0.203. The fourth-order valence-corrected chi connectivity index (χ4v) is 3.53. The van der Waals surface area contributed by atoms with Crippen molar-refractivity contribution in [2.75, 3.05) is 0 Å². The predicted octanol–water partition coefficient (Wildman–Crippen LogP) is 4.30. The zero-order chi connectivity index (χ0) is 8.72. The second-order valence-electron chi connectivity index (χ2n) is 2.34. The van der Waals surface area contributed by atoms with Crippen LogP contribution in [0.2, 0.25) is 5.02 Å². The smallest absolute Gasteiger partial charge is 0.125 e. The SMILES string of the molecule is Fc1cc(I)c2c(Cl)csc2c1. The van der Waals surface area contributed by atoms with Crippen molar-refractivity contribution in [1.82, 2.24) is 0 Å². The van der Waals surface area contributed by atoms with E-state index in [1.165, 1.54) is 23.5 Å². The Labute approximate surface area is 91.5 Å². The Hall–Kier alpha value is 0.130. The Morgan fingerprint density at radius 2 is 2.17 bits per heavy atom. The molecule has 1 aromatic carbocycles. The van der Waals surface area contributed by atoms with Crippen molar-refractivity contribution in [3.63, 3.8) is 0 Å². The fraction of sp³-hybridized carbons (Fsp3) is 0. The first-order chi connectivity index (χ1) is 5.68. The number of hydrogen-bond donors (Lipinski definition) is 0. The zero-order valence-corrected chi connectivity index (χ0v) is 9.50. The first-order valence-corrected chi connectivity index (χ1v) is 5.54. The molecule has 0 radical (unpaired) electrons. The van der Waals surface area contributed by atoms with E-state index < -0.39 is 0 Å². The second-order valence-corrected chi connectivity index (χ2v) is 4.83. The highest BCUT2D eigenvalue weighted by atomic mass is 127. The highest BCUT2D eigenvalue weighted by Crippen LogP contribution is 2.33. The van der Waals surface area contributed by atoms with Crippen molar-refractivity contribution < 1.29 is 4.39 Å². The quantitative estimate of drug-likeness (QED) is 0.636. The minimum absolute atomic E-state index is 0.203. The molecule has 1 aromatic heterocycles. The highest BCUT2D eigenvalue weighted by Gasteiger charge is 2.07. The maximum atomic E-state index is 12.9. The Bertz CT molecular complexity index is 438. The molecule has 0 bridgehead atoms. The molecule has 0 fully saturated rings. The lowest BCUT2D eigenvalue weighted by atomic mass is 10.2. The van der Waals surface area contributed by atoms with Gasteiger partial charge < -0.3 is 0 Å². The van der Waals surface area contributed by atoms with Gasteiger partial charge in [0.25, 0.3) is 0 Å². The van der Waals surface area contributed by atoms with E-state index in [2.05, 4.69) is 22.6 Å². The van der Waals surface area contributed by atoms with Gasteiger partial charge in [-0.25, -0.2) is 4.39 Å². The molecule has 0 aliphatic heterocycles. The third kappa shape index (κ3) is 1.34. The van der Waals surface area contributed by atoms with Gasteiger partial charge in [0, 0.05) is 19.0 Å². The molecule has 0 aliphatic carbocycles. The average Bonchev–Trinajstić information content (AvgIpc) is 2.31. The molecular weight excluding hydrogens is 310 g/mol. The summed E-state index contributed by atoms with van der Waals surface area (Å²) in [4.78, 5) is 0. The van der Waals surface area contributed by atoms with Gasteiger partial charge in [0.05, 0.1) is 5.02 Å². The number of hydrogen-bond acceptors (Lipinski definition) is 1. The van der Waals surface area contributed by atoms with E-state index in [0.717, 1.165) is 13.7 Å². The first-order valence-electron chi connectivity index (χ1n) is 3.20. The molecule has 2 aromatic rings. The maximum Gasteiger partial charge on any atom is 0.125 e. The second kappa shape index (κ2) is 3.12. The van der Waals surface area contributed by atoms with Crippen LogP contribution >= 0.6 is 45.5 Å². The van der Waals surface area contributed by atoms with Crippen molar-refractivity contribution >= 4 is 55.6 Å². The summed E-state index contributed by atoms with van der Waals surface area (Å²) in [6.07, 6.45) is 0. The molecule has 62 valence electrons. The highest BCUT2D eigenvalue weighted by molar-refractivity contribution is 14.1. The summed E-state index contributed by atoms with van der Waals surface area (Å²) in [6, 6.07) is 3.00. The van der Waals surface area contributed by atoms with E-state index >= 15 is 0 Å².